The first-order valence-corrected chi connectivity index (χ1v) is 7.26. The maximum absolute atomic E-state index is 13.5. The zero-order valence-corrected chi connectivity index (χ0v) is 12.9. The molecule has 0 aliphatic rings. The van der Waals surface area contributed by atoms with Crippen LogP contribution in [0.3, 0.4) is 0 Å². The van der Waals surface area contributed by atoms with E-state index in [1.807, 2.05) is 6.20 Å². The first-order valence-electron chi connectivity index (χ1n) is 7.26. The highest BCUT2D eigenvalue weighted by molar-refractivity contribution is 5.93. The third-order valence-corrected chi connectivity index (χ3v) is 3.46. The molecule has 3 aromatic rings. The quantitative estimate of drug-likeness (QED) is 0.762. The van der Waals surface area contributed by atoms with Gasteiger partial charge in [0.1, 0.15) is 11.3 Å². The Kier molecular flexibility index (Phi) is 3.56. The van der Waals surface area contributed by atoms with Crippen molar-refractivity contribution < 1.29 is 4.39 Å². The van der Waals surface area contributed by atoms with Gasteiger partial charge in [0.25, 0.3) is 0 Å². The fourth-order valence-electron chi connectivity index (χ4n) is 2.25. The molecule has 0 amide bonds. The van der Waals surface area contributed by atoms with E-state index in [1.54, 1.807) is 6.20 Å². The number of hydrogen-bond acceptors (Lipinski definition) is 3. The number of benzene rings is 1. The van der Waals surface area contributed by atoms with Crippen molar-refractivity contribution in [3.8, 4) is 11.1 Å². The fraction of sp³-hybridized carbons (Fsp3) is 0.294. The van der Waals surface area contributed by atoms with Crippen LogP contribution in [0.15, 0.2) is 36.7 Å². The molecule has 4 nitrogen and oxygen atoms in total. The van der Waals surface area contributed by atoms with Gasteiger partial charge >= 0.3 is 0 Å². The van der Waals surface area contributed by atoms with E-state index in [4.69, 9.17) is 0 Å². The summed E-state index contributed by atoms with van der Waals surface area (Å²) >= 11 is 0. The smallest absolute Gasteiger partial charge is 0.224 e. The summed E-state index contributed by atoms with van der Waals surface area (Å²) in [5.41, 5.74) is 2.84. The molecule has 22 heavy (non-hydrogen) atoms. The van der Waals surface area contributed by atoms with Crippen molar-refractivity contribution in [2.24, 2.45) is 0 Å². The lowest BCUT2D eigenvalue weighted by Gasteiger charge is -2.14. The summed E-state index contributed by atoms with van der Waals surface area (Å²) in [6.07, 6.45) is 3.69. The molecule has 0 spiro atoms. The number of rotatable bonds is 4. The Morgan fingerprint density at radius 3 is 2.64 bits per heavy atom. The van der Waals surface area contributed by atoms with Crippen LogP contribution in [0, 0.1) is 6.92 Å². The second-order valence-corrected chi connectivity index (χ2v) is 6.10. The van der Waals surface area contributed by atoms with Crippen LogP contribution in [0.4, 0.5) is 10.3 Å². The zero-order valence-electron chi connectivity index (χ0n) is 12.9. The van der Waals surface area contributed by atoms with E-state index in [-0.39, 0.29) is 6.54 Å². The van der Waals surface area contributed by atoms with Crippen LogP contribution in [0.5, 0.6) is 0 Å². The topological polar surface area (TPSA) is 53.6 Å². The molecule has 1 aromatic carbocycles. The van der Waals surface area contributed by atoms with Crippen LogP contribution in [0.25, 0.3) is 22.2 Å². The highest BCUT2D eigenvalue weighted by Crippen LogP contribution is 2.28. The van der Waals surface area contributed by atoms with E-state index in [9.17, 15) is 4.39 Å². The average Bonchev–Trinajstić information content (AvgIpc) is 2.88. The van der Waals surface area contributed by atoms with Crippen LogP contribution in [0.1, 0.15) is 19.4 Å². The van der Waals surface area contributed by atoms with Gasteiger partial charge in [-0.1, -0.05) is 29.8 Å². The fourth-order valence-corrected chi connectivity index (χ4v) is 2.25. The third-order valence-electron chi connectivity index (χ3n) is 3.46. The van der Waals surface area contributed by atoms with E-state index in [2.05, 4.69) is 51.5 Å². The minimum atomic E-state index is -1.30. The number of nitrogens with zero attached hydrogens (tertiary/aromatic N) is 2. The van der Waals surface area contributed by atoms with Gasteiger partial charge in [0, 0.05) is 23.3 Å². The summed E-state index contributed by atoms with van der Waals surface area (Å²) < 4.78 is 13.5. The van der Waals surface area contributed by atoms with Crippen molar-refractivity contribution >= 4 is 17.0 Å². The standard InChI is InChI=1S/C17H19FN4/c1-11-4-6-12(7-5-11)13-8-19-15-14(13)9-20-16(22-15)21-10-17(2,3)18/h4-9H,10H2,1-3H3,(H2,19,20,21,22). The lowest BCUT2D eigenvalue weighted by atomic mass is 10.1. The molecule has 3 rings (SSSR count). The third kappa shape index (κ3) is 3.08. The number of H-pyrrole nitrogens is 1. The Labute approximate surface area is 128 Å². The lowest BCUT2D eigenvalue weighted by Crippen LogP contribution is -2.25. The second kappa shape index (κ2) is 5.40. The predicted octanol–water partition coefficient (Wildman–Crippen LogP) is 4.09. The molecule has 114 valence electrons. The van der Waals surface area contributed by atoms with Crippen molar-refractivity contribution in [1.29, 1.82) is 0 Å². The zero-order chi connectivity index (χ0) is 15.7. The molecule has 2 aromatic heterocycles. The molecule has 0 bridgehead atoms. The molecular formula is C17H19FN4. The van der Waals surface area contributed by atoms with Crippen LogP contribution >= 0.6 is 0 Å². The van der Waals surface area contributed by atoms with Crippen LogP contribution < -0.4 is 5.32 Å². The molecular weight excluding hydrogens is 279 g/mol. The summed E-state index contributed by atoms with van der Waals surface area (Å²) in [4.78, 5) is 11.8. The van der Waals surface area contributed by atoms with Gasteiger partial charge in [-0.3, -0.25) is 0 Å². The van der Waals surface area contributed by atoms with Crippen molar-refractivity contribution in [3.05, 3.63) is 42.2 Å². The molecule has 0 saturated heterocycles. The maximum Gasteiger partial charge on any atom is 0.224 e. The highest BCUT2D eigenvalue weighted by atomic mass is 19.1. The molecule has 0 saturated carbocycles. The number of halogens is 1. The number of anilines is 1. The number of hydrogen-bond donors (Lipinski definition) is 2. The van der Waals surface area contributed by atoms with Crippen molar-refractivity contribution in [2.45, 2.75) is 26.4 Å². The SMILES string of the molecule is Cc1ccc(-c2c[nH]c3nc(NCC(C)(C)F)ncc23)cc1. The summed E-state index contributed by atoms with van der Waals surface area (Å²) in [6.45, 7) is 5.27. The van der Waals surface area contributed by atoms with E-state index in [0.717, 1.165) is 22.2 Å². The van der Waals surface area contributed by atoms with E-state index < -0.39 is 5.67 Å². The summed E-state index contributed by atoms with van der Waals surface area (Å²) in [7, 11) is 0. The lowest BCUT2D eigenvalue weighted by molar-refractivity contribution is 0.234. The number of aromatic nitrogens is 3. The first kappa shape index (κ1) is 14.5. The minimum absolute atomic E-state index is 0.171. The van der Waals surface area contributed by atoms with Crippen molar-refractivity contribution in [2.75, 3.05) is 11.9 Å². The Morgan fingerprint density at radius 2 is 1.95 bits per heavy atom. The molecule has 5 heteroatoms. The molecule has 0 unspecified atom stereocenters. The molecule has 0 atom stereocenters. The van der Waals surface area contributed by atoms with Crippen molar-refractivity contribution in [3.63, 3.8) is 0 Å². The largest absolute Gasteiger partial charge is 0.351 e. The normalized spacial score (nSPS) is 11.8. The average molecular weight is 298 g/mol. The van der Waals surface area contributed by atoms with Gasteiger partial charge in [-0.15, -0.1) is 0 Å². The Balaban J connectivity index is 1.91. The van der Waals surface area contributed by atoms with Gasteiger partial charge in [-0.05, 0) is 26.3 Å². The number of alkyl halides is 1. The van der Waals surface area contributed by atoms with Crippen LogP contribution in [-0.4, -0.2) is 27.2 Å². The van der Waals surface area contributed by atoms with Gasteiger partial charge in [0.15, 0.2) is 0 Å². The molecule has 0 aliphatic heterocycles. The van der Waals surface area contributed by atoms with Crippen LogP contribution in [0.2, 0.25) is 0 Å². The molecule has 2 heterocycles. The Hall–Kier alpha value is -2.43. The van der Waals surface area contributed by atoms with Gasteiger partial charge in [0.05, 0.1) is 6.54 Å². The van der Waals surface area contributed by atoms with E-state index >= 15 is 0 Å². The first-order chi connectivity index (χ1) is 10.4. The number of aryl methyl sites for hydroxylation is 1. The second-order valence-electron chi connectivity index (χ2n) is 6.10. The van der Waals surface area contributed by atoms with Gasteiger partial charge in [-0.25, -0.2) is 9.37 Å². The van der Waals surface area contributed by atoms with Gasteiger partial charge < -0.3 is 10.3 Å². The maximum atomic E-state index is 13.5. The van der Waals surface area contributed by atoms with E-state index in [1.165, 1.54) is 19.4 Å². The monoisotopic (exact) mass is 298 g/mol. The van der Waals surface area contributed by atoms with Gasteiger partial charge in [-0.2, -0.15) is 4.98 Å². The molecule has 2 N–H and O–H groups in total. The van der Waals surface area contributed by atoms with E-state index in [0.29, 0.717) is 5.95 Å². The van der Waals surface area contributed by atoms with Gasteiger partial charge in [0.2, 0.25) is 5.95 Å². The molecule has 0 aliphatic carbocycles. The number of aromatic amines is 1. The molecule has 0 fully saturated rings. The number of nitrogens with one attached hydrogen (secondary N) is 2. The van der Waals surface area contributed by atoms with Crippen LogP contribution in [-0.2, 0) is 0 Å². The summed E-state index contributed by atoms with van der Waals surface area (Å²) in [5, 5.41) is 3.87. The Bertz CT molecular complexity index is 785. The summed E-state index contributed by atoms with van der Waals surface area (Å²) in [5.74, 6) is 0.426. The Morgan fingerprint density at radius 1 is 1.23 bits per heavy atom. The number of fused-ring (bicyclic) bond motifs is 1. The predicted molar refractivity (Wildman–Crippen MR) is 87.7 cm³/mol. The minimum Gasteiger partial charge on any atom is -0.351 e. The molecule has 0 radical (unpaired) electrons. The highest BCUT2D eigenvalue weighted by Gasteiger charge is 2.16. The van der Waals surface area contributed by atoms with Crippen molar-refractivity contribution in [1.82, 2.24) is 15.0 Å². The summed E-state index contributed by atoms with van der Waals surface area (Å²) in [6, 6.07) is 8.31.